The molecule has 112 valence electrons. The molecule has 20 heavy (non-hydrogen) atoms. The Balaban J connectivity index is 2.10. The molecule has 0 aromatic heterocycles. The number of hydrogen-bond acceptors (Lipinski definition) is 3. The molecular formula is C15H22F2N2O. The molecule has 3 nitrogen and oxygen atoms in total. The van der Waals surface area contributed by atoms with Crippen LogP contribution in [-0.2, 0) is 11.2 Å². The van der Waals surface area contributed by atoms with Gasteiger partial charge in [-0.2, -0.15) is 0 Å². The van der Waals surface area contributed by atoms with Crippen LogP contribution in [0.3, 0.4) is 0 Å². The van der Waals surface area contributed by atoms with E-state index in [-0.39, 0.29) is 12.1 Å². The van der Waals surface area contributed by atoms with Gasteiger partial charge >= 0.3 is 0 Å². The first-order valence-corrected chi connectivity index (χ1v) is 7.08. The highest BCUT2D eigenvalue weighted by molar-refractivity contribution is 5.20. The summed E-state index contributed by atoms with van der Waals surface area (Å²) in [6.07, 6.45) is 0.423. The number of likely N-dealkylation sites (N-methyl/N-ethyl adjacent to an activating group) is 2. The molecule has 1 N–H and O–H groups in total. The summed E-state index contributed by atoms with van der Waals surface area (Å²) in [6.45, 7) is 5.15. The van der Waals surface area contributed by atoms with Crippen molar-refractivity contribution in [3.8, 4) is 0 Å². The Morgan fingerprint density at radius 3 is 2.95 bits per heavy atom. The first kappa shape index (κ1) is 15.4. The molecule has 5 heteroatoms. The van der Waals surface area contributed by atoms with E-state index in [1.807, 2.05) is 14.0 Å². The van der Waals surface area contributed by atoms with Gasteiger partial charge in [-0.15, -0.1) is 0 Å². The average Bonchev–Trinajstić information content (AvgIpc) is 2.43. The van der Waals surface area contributed by atoms with Crippen LogP contribution in [0.15, 0.2) is 18.2 Å². The Bertz CT molecular complexity index is 442. The largest absolute Gasteiger partial charge is 0.374 e. The molecule has 1 aromatic carbocycles. The quantitative estimate of drug-likeness (QED) is 0.892. The summed E-state index contributed by atoms with van der Waals surface area (Å²) in [7, 11) is 2.04. The van der Waals surface area contributed by atoms with Crippen molar-refractivity contribution in [3.63, 3.8) is 0 Å². The van der Waals surface area contributed by atoms with Crippen LogP contribution in [0.25, 0.3) is 0 Å². The van der Waals surface area contributed by atoms with Crippen molar-refractivity contribution in [3.05, 3.63) is 35.4 Å². The number of ether oxygens (including phenoxy) is 1. The smallest absolute Gasteiger partial charge is 0.162 e. The summed E-state index contributed by atoms with van der Waals surface area (Å²) in [5.74, 6) is -1.54. The first-order valence-electron chi connectivity index (χ1n) is 7.08. The van der Waals surface area contributed by atoms with E-state index < -0.39 is 11.6 Å². The highest BCUT2D eigenvalue weighted by atomic mass is 19.2. The van der Waals surface area contributed by atoms with E-state index in [2.05, 4.69) is 10.2 Å². The third-order valence-electron chi connectivity index (χ3n) is 3.68. The fourth-order valence-corrected chi connectivity index (χ4v) is 2.59. The fourth-order valence-electron chi connectivity index (χ4n) is 2.59. The zero-order valence-electron chi connectivity index (χ0n) is 12.0. The van der Waals surface area contributed by atoms with Crippen molar-refractivity contribution >= 4 is 0 Å². The molecule has 1 aromatic rings. The van der Waals surface area contributed by atoms with E-state index in [1.54, 1.807) is 12.1 Å². The van der Waals surface area contributed by atoms with E-state index in [0.29, 0.717) is 18.6 Å². The highest BCUT2D eigenvalue weighted by Crippen LogP contribution is 2.17. The first-order chi connectivity index (χ1) is 9.61. The van der Waals surface area contributed by atoms with Gasteiger partial charge in [0.1, 0.15) is 0 Å². The van der Waals surface area contributed by atoms with Gasteiger partial charge in [0.2, 0.25) is 0 Å². The number of halogens is 2. The molecule has 1 saturated heterocycles. The second kappa shape index (κ2) is 7.11. The average molecular weight is 284 g/mol. The Morgan fingerprint density at radius 2 is 2.25 bits per heavy atom. The van der Waals surface area contributed by atoms with E-state index >= 15 is 0 Å². The second-order valence-electron chi connectivity index (χ2n) is 5.25. The van der Waals surface area contributed by atoms with Crippen LogP contribution in [-0.4, -0.2) is 50.3 Å². The Labute approximate surface area is 118 Å². The standard InChI is InChI=1S/C15H22F2N2O/c1-3-18-13(14-10-19(2)7-8-20-14)9-11-5-4-6-12(16)15(11)17/h4-6,13-14,18H,3,7-10H2,1-2H3. The van der Waals surface area contributed by atoms with Crippen LogP contribution >= 0.6 is 0 Å². The predicted molar refractivity (Wildman–Crippen MR) is 74.8 cm³/mol. The number of hydrogen-bond donors (Lipinski definition) is 1. The van der Waals surface area contributed by atoms with Crippen LogP contribution in [0.2, 0.25) is 0 Å². The molecule has 0 saturated carbocycles. The molecule has 0 spiro atoms. The maximum atomic E-state index is 13.8. The Hall–Kier alpha value is -1.04. The minimum Gasteiger partial charge on any atom is -0.374 e. The highest BCUT2D eigenvalue weighted by Gasteiger charge is 2.27. The summed E-state index contributed by atoms with van der Waals surface area (Å²) < 4.78 is 32.9. The lowest BCUT2D eigenvalue weighted by Gasteiger charge is -2.35. The van der Waals surface area contributed by atoms with E-state index in [0.717, 1.165) is 25.7 Å². The summed E-state index contributed by atoms with van der Waals surface area (Å²) in [5, 5.41) is 3.33. The normalized spacial score (nSPS) is 21.9. The molecule has 0 amide bonds. The van der Waals surface area contributed by atoms with Gasteiger partial charge in [0.15, 0.2) is 11.6 Å². The molecule has 1 aliphatic rings. The second-order valence-corrected chi connectivity index (χ2v) is 5.25. The van der Waals surface area contributed by atoms with Gasteiger partial charge in [0, 0.05) is 19.1 Å². The molecule has 2 atom stereocenters. The number of morpholine rings is 1. The van der Waals surface area contributed by atoms with Gasteiger partial charge in [0.25, 0.3) is 0 Å². The van der Waals surface area contributed by atoms with Gasteiger partial charge in [-0.05, 0) is 31.6 Å². The summed E-state index contributed by atoms with van der Waals surface area (Å²) in [4.78, 5) is 2.19. The van der Waals surface area contributed by atoms with Gasteiger partial charge in [0.05, 0.1) is 12.7 Å². The number of nitrogens with zero attached hydrogens (tertiary/aromatic N) is 1. The van der Waals surface area contributed by atoms with Crippen LogP contribution in [0.4, 0.5) is 8.78 Å². The third-order valence-corrected chi connectivity index (χ3v) is 3.68. The predicted octanol–water partition coefficient (Wildman–Crippen LogP) is 1.82. The van der Waals surface area contributed by atoms with Crippen LogP contribution in [0, 0.1) is 11.6 Å². The molecule has 0 aliphatic carbocycles. The molecule has 1 heterocycles. The van der Waals surface area contributed by atoms with Crippen molar-refractivity contribution in [2.75, 3.05) is 33.3 Å². The monoisotopic (exact) mass is 284 g/mol. The molecule has 2 unspecified atom stereocenters. The van der Waals surface area contributed by atoms with Gasteiger partial charge in [-0.25, -0.2) is 8.78 Å². The van der Waals surface area contributed by atoms with Crippen LogP contribution < -0.4 is 5.32 Å². The fraction of sp³-hybridized carbons (Fsp3) is 0.600. The van der Waals surface area contributed by atoms with Crippen molar-refractivity contribution in [2.45, 2.75) is 25.5 Å². The van der Waals surface area contributed by atoms with Crippen molar-refractivity contribution in [2.24, 2.45) is 0 Å². The van der Waals surface area contributed by atoms with Gasteiger partial charge < -0.3 is 15.0 Å². The SMILES string of the molecule is CCNC(Cc1cccc(F)c1F)C1CN(C)CCO1. The lowest BCUT2D eigenvalue weighted by atomic mass is 9.99. The Kier molecular flexibility index (Phi) is 5.46. The molecular weight excluding hydrogens is 262 g/mol. The van der Waals surface area contributed by atoms with Crippen molar-refractivity contribution < 1.29 is 13.5 Å². The number of rotatable bonds is 5. The van der Waals surface area contributed by atoms with Gasteiger partial charge in [-0.3, -0.25) is 0 Å². The van der Waals surface area contributed by atoms with E-state index in [1.165, 1.54) is 0 Å². The maximum Gasteiger partial charge on any atom is 0.162 e. The van der Waals surface area contributed by atoms with Crippen LogP contribution in [0.5, 0.6) is 0 Å². The minimum atomic E-state index is -0.792. The molecule has 2 rings (SSSR count). The maximum absolute atomic E-state index is 13.8. The Morgan fingerprint density at radius 1 is 1.45 bits per heavy atom. The zero-order chi connectivity index (χ0) is 14.5. The molecule has 1 fully saturated rings. The summed E-state index contributed by atoms with van der Waals surface area (Å²) >= 11 is 0. The lowest BCUT2D eigenvalue weighted by molar-refractivity contribution is -0.0382. The van der Waals surface area contributed by atoms with Crippen molar-refractivity contribution in [1.82, 2.24) is 10.2 Å². The minimum absolute atomic E-state index is 0.00336. The van der Waals surface area contributed by atoms with Crippen molar-refractivity contribution in [1.29, 1.82) is 0 Å². The zero-order valence-corrected chi connectivity index (χ0v) is 12.0. The summed E-state index contributed by atoms with van der Waals surface area (Å²) in [5.41, 5.74) is 0.396. The third kappa shape index (κ3) is 3.75. The lowest BCUT2D eigenvalue weighted by Crippen LogP contribution is -2.52. The number of nitrogens with one attached hydrogen (secondary N) is 1. The van der Waals surface area contributed by atoms with Gasteiger partial charge in [-0.1, -0.05) is 19.1 Å². The summed E-state index contributed by atoms with van der Waals surface area (Å²) in [6, 6.07) is 4.31. The number of benzene rings is 1. The molecule has 0 bridgehead atoms. The molecule has 0 radical (unpaired) electrons. The van der Waals surface area contributed by atoms with E-state index in [9.17, 15) is 8.78 Å². The van der Waals surface area contributed by atoms with Crippen LogP contribution in [0.1, 0.15) is 12.5 Å². The molecule has 1 aliphatic heterocycles. The van der Waals surface area contributed by atoms with E-state index in [4.69, 9.17) is 4.74 Å². The topological polar surface area (TPSA) is 24.5 Å².